The van der Waals surface area contributed by atoms with Crippen LogP contribution in [0.5, 0.6) is 0 Å². The van der Waals surface area contributed by atoms with Gasteiger partial charge in [0.25, 0.3) is 0 Å². The lowest BCUT2D eigenvalue weighted by molar-refractivity contribution is -0.133. The molecule has 84 valence electrons. The quantitative estimate of drug-likeness (QED) is 0.633. The monoisotopic (exact) mass is 213 g/mol. The first-order chi connectivity index (χ1) is 6.93. The predicted octanol–water partition coefficient (Wildman–Crippen LogP) is 0.000600. The Morgan fingerprint density at radius 1 is 1.27 bits per heavy atom. The van der Waals surface area contributed by atoms with Gasteiger partial charge in [0.15, 0.2) is 0 Å². The van der Waals surface area contributed by atoms with Crippen LogP contribution >= 0.6 is 0 Å². The third kappa shape index (κ3) is 2.56. The Hall–Kier alpha value is -1.36. The van der Waals surface area contributed by atoms with Crippen molar-refractivity contribution in [2.75, 3.05) is 13.1 Å². The number of carbonyl (C=O) groups excluding carboxylic acids is 1. The molecule has 1 aliphatic heterocycles. The lowest BCUT2D eigenvalue weighted by Gasteiger charge is -2.16. The van der Waals surface area contributed by atoms with Crippen molar-refractivity contribution in [1.82, 2.24) is 4.90 Å². The molecule has 5 nitrogen and oxygen atoms in total. The lowest BCUT2D eigenvalue weighted by atomic mass is 10.1. The van der Waals surface area contributed by atoms with E-state index in [1.807, 2.05) is 0 Å². The zero-order chi connectivity index (χ0) is 11.6. The minimum atomic E-state index is -1.08. The molecule has 0 aromatic heterocycles. The predicted molar refractivity (Wildman–Crippen MR) is 53.2 cm³/mol. The van der Waals surface area contributed by atoms with Crippen molar-refractivity contribution in [3.8, 4) is 0 Å². The number of aliphatic hydroxyl groups excluding tert-OH is 1. The minimum Gasteiger partial charge on any atom is -0.478 e. The molecule has 1 heterocycles. The Balaban J connectivity index is 2.77. The number of amides is 1. The van der Waals surface area contributed by atoms with Gasteiger partial charge in [-0.1, -0.05) is 0 Å². The van der Waals surface area contributed by atoms with Gasteiger partial charge in [-0.05, 0) is 20.3 Å². The highest BCUT2D eigenvalue weighted by molar-refractivity contribution is 6.01. The summed E-state index contributed by atoms with van der Waals surface area (Å²) < 4.78 is 0. The Labute approximate surface area is 88.0 Å². The fourth-order valence-electron chi connectivity index (χ4n) is 1.48. The van der Waals surface area contributed by atoms with Crippen LogP contribution in [-0.2, 0) is 9.59 Å². The van der Waals surface area contributed by atoms with Crippen LogP contribution < -0.4 is 0 Å². The number of carbonyl (C=O) groups is 2. The molecule has 1 atom stereocenters. The third-order valence-corrected chi connectivity index (χ3v) is 2.65. The maximum absolute atomic E-state index is 11.7. The Kier molecular flexibility index (Phi) is 3.47. The number of hydrogen-bond donors (Lipinski definition) is 2. The van der Waals surface area contributed by atoms with Crippen LogP contribution in [0.3, 0.4) is 0 Å². The van der Waals surface area contributed by atoms with E-state index in [1.165, 1.54) is 18.7 Å². The Morgan fingerprint density at radius 3 is 2.27 bits per heavy atom. The number of nitrogens with zero attached hydrogens (tertiary/aromatic N) is 1. The molecule has 15 heavy (non-hydrogen) atoms. The third-order valence-electron chi connectivity index (χ3n) is 2.65. The second kappa shape index (κ2) is 4.44. The molecular weight excluding hydrogens is 198 g/mol. The Bertz CT molecular complexity index is 321. The molecule has 0 radical (unpaired) electrons. The number of β-amino-alcohol motifs (C(OH)–C–C–N with tert-alkyl or cyclic N) is 1. The standard InChI is InChI=1S/C10H15NO4/c1-6(7(2)10(14)15)9(13)11-4-3-8(12)5-11/h8,12H,3-5H2,1-2H3,(H,14,15)/t8-/m1/s1. The zero-order valence-electron chi connectivity index (χ0n) is 8.86. The number of aliphatic carboxylic acids is 1. The normalized spacial score (nSPS) is 22.6. The number of hydrogen-bond acceptors (Lipinski definition) is 3. The summed E-state index contributed by atoms with van der Waals surface area (Å²) in [4.78, 5) is 23.9. The van der Waals surface area contributed by atoms with E-state index in [1.54, 1.807) is 0 Å². The fourth-order valence-corrected chi connectivity index (χ4v) is 1.48. The van der Waals surface area contributed by atoms with E-state index in [0.717, 1.165) is 0 Å². The van der Waals surface area contributed by atoms with Gasteiger partial charge in [0.2, 0.25) is 5.91 Å². The maximum atomic E-state index is 11.7. The van der Waals surface area contributed by atoms with Crippen LogP contribution in [-0.4, -0.2) is 46.2 Å². The molecule has 2 N–H and O–H groups in total. The van der Waals surface area contributed by atoms with E-state index < -0.39 is 12.1 Å². The second-order valence-electron chi connectivity index (χ2n) is 3.75. The summed E-state index contributed by atoms with van der Waals surface area (Å²) in [6.07, 6.45) is 0.0809. The largest absolute Gasteiger partial charge is 0.478 e. The van der Waals surface area contributed by atoms with Gasteiger partial charge in [-0.15, -0.1) is 0 Å². The Morgan fingerprint density at radius 2 is 1.87 bits per heavy atom. The van der Waals surface area contributed by atoms with E-state index in [-0.39, 0.29) is 17.1 Å². The molecule has 0 aromatic rings. The summed E-state index contributed by atoms with van der Waals surface area (Å²) in [5, 5.41) is 18.0. The first-order valence-corrected chi connectivity index (χ1v) is 4.81. The first-order valence-electron chi connectivity index (χ1n) is 4.81. The number of likely N-dealkylation sites (tertiary alicyclic amines) is 1. The van der Waals surface area contributed by atoms with E-state index >= 15 is 0 Å². The van der Waals surface area contributed by atoms with Crippen LogP contribution in [0.15, 0.2) is 11.1 Å². The van der Waals surface area contributed by atoms with Gasteiger partial charge < -0.3 is 15.1 Å². The molecule has 1 saturated heterocycles. The summed E-state index contributed by atoms with van der Waals surface area (Å²) in [5.41, 5.74) is 0.290. The van der Waals surface area contributed by atoms with Crippen LogP contribution in [0.25, 0.3) is 0 Å². The molecule has 0 bridgehead atoms. The van der Waals surface area contributed by atoms with Crippen molar-refractivity contribution in [3.05, 3.63) is 11.1 Å². The highest BCUT2D eigenvalue weighted by atomic mass is 16.4. The van der Waals surface area contributed by atoms with Crippen molar-refractivity contribution in [1.29, 1.82) is 0 Å². The SMILES string of the molecule is CC(C(=O)O)=C(C)C(=O)N1CC[C@@H](O)C1. The summed E-state index contributed by atoms with van der Waals surface area (Å²) >= 11 is 0. The van der Waals surface area contributed by atoms with Gasteiger partial charge in [0.05, 0.1) is 6.10 Å². The van der Waals surface area contributed by atoms with Gasteiger partial charge in [0.1, 0.15) is 0 Å². The van der Waals surface area contributed by atoms with Crippen LogP contribution in [0.1, 0.15) is 20.3 Å². The molecular formula is C10H15NO4. The maximum Gasteiger partial charge on any atom is 0.331 e. The van der Waals surface area contributed by atoms with Crippen molar-refractivity contribution in [2.45, 2.75) is 26.4 Å². The smallest absolute Gasteiger partial charge is 0.331 e. The van der Waals surface area contributed by atoms with Gasteiger partial charge in [-0.2, -0.15) is 0 Å². The summed E-state index contributed by atoms with van der Waals surface area (Å²) in [7, 11) is 0. The molecule has 0 spiro atoms. The van der Waals surface area contributed by atoms with Gasteiger partial charge in [0, 0.05) is 24.2 Å². The van der Waals surface area contributed by atoms with Crippen molar-refractivity contribution in [3.63, 3.8) is 0 Å². The number of carboxylic acid groups (broad SMARTS) is 1. The molecule has 0 unspecified atom stereocenters. The van der Waals surface area contributed by atoms with E-state index in [2.05, 4.69) is 0 Å². The fraction of sp³-hybridized carbons (Fsp3) is 0.600. The number of aliphatic hydroxyl groups is 1. The van der Waals surface area contributed by atoms with Crippen molar-refractivity contribution >= 4 is 11.9 Å². The average molecular weight is 213 g/mol. The van der Waals surface area contributed by atoms with Crippen molar-refractivity contribution < 1.29 is 19.8 Å². The minimum absolute atomic E-state index is 0.0568. The zero-order valence-corrected chi connectivity index (χ0v) is 8.86. The second-order valence-corrected chi connectivity index (χ2v) is 3.75. The molecule has 1 amide bonds. The summed E-state index contributed by atoms with van der Waals surface area (Å²) in [5.74, 6) is -1.38. The number of carboxylic acids is 1. The van der Waals surface area contributed by atoms with Crippen LogP contribution in [0, 0.1) is 0 Å². The van der Waals surface area contributed by atoms with Gasteiger partial charge in [-0.25, -0.2) is 4.79 Å². The molecule has 5 heteroatoms. The van der Waals surface area contributed by atoms with Crippen molar-refractivity contribution in [2.24, 2.45) is 0 Å². The molecule has 1 aliphatic rings. The average Bonchev–Trinajstić information content (AvgIpc) is 2.61. The number of rotatable bonds is 2. The van der Waals surface area contributed by atoms with E-state index in [4.69, 9.17) is 5.11 Å². The summed E-state index contributed by atoms with van der Waals surface area (Å²) in [6, 6.07) is 0. The van der Waals surface area contributed by atoms with Gasteiger partial charge in [-0.3, -0.25) is 4.79 Å². The molecule has 0 aromatic carbocycles. The van der Waals surface area contributed by atoms with Crippen LogP contribution in [0.4, 0.5) is 0 Å². The topological polar surface area (TPSA) is 77.8 Å². The van der Waals surface area contributed by atoms with E-state index in [0.29, 0.717) is 19.5 Å². The lowest BCUT2D eigenvalue weighted by Crippen LogP contribution is -2.31. The summed E-state index contributed by atoms with van der Waals surface area (Å²) in [6.45, 7) is 3.69. The van der Waals surface area contributed by atoms with Gasteiger partial charge >= 0.3 is 5.97 Å². The molecule has 1 fully saturated rings. The first kappa shape index (κ1) is 11.7. The highest BCUT2D eigenvalue weighted by Crippen LogP contribution is 2.14. The van der Waals surface area contributed by atoms with Crippen LogP contribution in [0.2, 0.25) is 0 Å². The molecule has 1 rings (SSSR count). The van der Waals surface area contributed by atoms with E-state index in [9.17, 15) is 14.7 Å². The molecule has 0 aliphatic carbocycles. The highest BCUT2D eigenvalue weighted by Gasteiger charge is 2.26. The molecule has 0 saturated carbocycles.